The van der Waals surface area contributed by atoms with Crippen molar-refractivity contribution >= 4 is 34.5 Å². The minimum absolute atomic E-state index is 0.233. The van der Waals surface area contributed by atoms with Crippen molar-refractivity contribution in [2.24, 2.45) is 11.8 Å². The number of piperidine rings is 1. The Morgan fingerprint density at radius 3 is 2.51 bits per heavy atom. The zero-order chi connectivity index (χ0) is 24.3. The van der Waals surface area contributed by atoms with Crippen LogP contribution >= 0.6 is 11.6 Å². The Bertz CT molecular complexity index is 1310. The third-order valence-corrected chi connectivity index (χ3v) is 9.48. The van der Waals surface area contributed by atoms with Gasteiger partial charge >= 0.3 is 0 Å². The summed E-state index contributed by atoms with van der Waals surface area (Å²) in [6.45, 7) is 6.71. The van der Waals surface area contributed by atoms with E-state index in [0.717, 1.165) is 56.4 Å². The molecule has 4 aliphatic rings. The van der Waals surface area contributed by atoms with Crippen molar-refractivity contribution in [3.63, 3.8) is 0 Å². The summed E-state index contributed by atoms with van der Waals surface area (Å²) in [5.74, 6) is 1.75. The molecule has 0 bridgehead atoms. The summed E-state index contributed by atoms with van der Waals surface area (Å²) in [7, 11) is 0. The van der Waals surface area contributed by atoms with Gasteiger partial charge < -0.3 is 14.3 Å². The average Bonchev–Trinajstić information content (AvgIpc) is 3.10. The van der Waals surface area contributed by atoms with E-state index in [1.807, 2.05) is 12.1 Å². The number of fused-ring (bicyclic) bond motifs is 4. The molecule has 2 aromatic rings. The lowest BCUT2D eigenvalue weighted by Crippen LogP contribution is -2.43. The van der Waals surface area contributed by atoms with E-state index in [1.54, 1.807) is 11.6 Å². The van der Waals surface area contributed by atoms with Crippen LogP contribution in [0.15, 0.2) is 40.2 Å². The lowest BCUT2D eigenvalue weighted by molar-refractivity contribution is -0.112. The van der Waals surface area contributed by atoms with E-state index in [1.165, 1.54) is 37.0 Å². The van der Waals surface area contributed by atoms with Crippen molar-refractivity contribution in [1.82, 2.24) is 14.5 Å². The van der Waals surface area contributed by atoms with Crippen LogP contribution in [-0.4, -0.2) is 39.9 Å². The molecule has 35 heavy (non-hydrogen) atoms. The van der Waals surface area contributed by atoms with Gasteiger partial charge in [0, 0.05) is 17.7 Å². The van der Waals surface area contributed by atoms with Gasteiger partial charge in [-0.15, -0.1) is 0 Å². The van der Waals surface area contributed by atoms with Crippen molar-refractivity contribution in [1.29, 1.82) is 0 Å². The second-order valence-electron chi connectivity index (χ2n) is 11.4. The monoisotopic (exact) mass is 491 g/mol. The predicted molar refractivity (Wildman–Crippen MR) is 141 cm³/mol. The van der Waals surface area contributed by atoms with Gasteiger partial charge in [-0.1, -0.05) is 29.3 Å². The van der Waals surface area contributed by atoms with Gasteiger partial charge in [-0.05, 0) is 102 Å². The summed E-state index contributed by atoms with van der Waals surface area (Å²) in [5.41, 5.74) is 4.49. The Morgan fingerprint density at radius 1 is 1.06 bits per heavy atom. The molecule has 2 fully saturated rings. The Kier molecular flexibility index (Phi) is 5.76. The van der Waals surface area contributed by atoms with Gasteiger partial charge in [-0.25, -0.2) is 0 Å². The van der Waals surface area contributed by atoms with Crippen molar-refractivity contribution in [2.75, 3.05) is 13.1 Å². The van der Waals surface area contributed by atoms with E-state index >= 15 is 0 Å². The molecule has 0 N–H and O–H groups in total. The first-order chi connectivity index (χ1) is 16.9. The van der Waals surface area contributed by atoms with E-state index in [-0.39, 0.29) is 16.9 Å². The molecule has 184 valence electrons. The molecule has 0 radical (unpaired) electrons. The summed E-state index contributed by atoms with van der Waals surface area (Å²) < 4.78 is 2.21. The van der Waals surface area contributed by atoms with Gasteiger partial charge in [-0.2, -0.15) is 4.98 Å². The zero-order valence-corrected chi connectivity index (χ0v) is 21.5. The SMILES string of the molecule is CC1(C)C2=C(CCC(C3CCN(C4CCC(C=O)CC4)CC3)=C2)n2c1nc(=O)c1c(Cl)cccc12. The van der Waals surface area contributed by atoms with Gasteiger partial charge in [0.25, 0.3) is 5.56 Å². The number of benzene rings is 1. The number of hydrogen-bond acceptors (Lipinski definition) is 4. The van der Waals surface area contributed by atoms with E-state index in [2.05, 4.69) is 34.4 Å². The van der Waals surface area contributed by atoms with E-state index in [4.69, 9.17) is 11.6 Å². The molecule has 0 unspecified atom stereocenters. The maximum absolute atomic E-state index is 12.9. The normalized spacial score (nSPS) is 27.0. The molecule has 0 atom stereocenters. The number of hydrogen-bond donors (Lipinski definition) is 0. The third kappa shape index (κ3) is 3.74. The molecule has 1 saturated heterocycles. The number of aldehydes is 1. The number of nitrogens with zero attached hydrogens (tertiary/aromatic N) is 3. The predicted octanol–water partition coefficient (Wildman–Crippen LogP) is 5.74. The molecule has 2 aliphatic heterocycles. The van der Waals surface area contributed by atoms with E-state index in [9.17, 15) is 9.59 Å². The largest absolute Gasteiger partial charge is 0.303 e. The maximum Gasteiger partial charge on any atom is 0.282 e. The first kappa shape index (κ1) is 23.2. The molecule has 2 aliphatic carbocycles. The summed E-state index contributed by atoms with van der Waals surface area (Å²) in [5, 5.41) is 0.993. The number of carbonyl (C=O) groups is 1. The molecular weight excluding hydrogens is 458 g/mol. The highest BCUT2D eigenvalue weighted by atomic mass is 35.5. The van der Waals surface area contributed by atoms with Crippen molar-refractivity contribution in [3.8, 4) is 0 Å². The lowest BCUT2D eigenvalue weighted by atomic mass is 9.76. The zero-order valence-electron chi connectivity index (χ0n) is 20.7. The molecule has 0 spiro atoms. The smallest absolute Gasteiger partial charge is 0.282 e. The number of rotatable bonds is 3. The quantitative estimate of drug-likeness (QED) is 0.513. The molecule has 3 heterocycles. The minimum Gasteiger partial charge on any atom is -0.303 e. The van der Waals surface area contributed by atoms with Gasteiger partial charge in [0.05, 0.1) is 21.3 Å². The molecule has 1 saturated carbocycles. The fourth-order valence-electron chi connectivity index (χ4n) is 7.11. The van der Waals surface area contributed by atoms with Gasteiger partial charge in [0.15, 0.2) is 0 Å². The van der Waals surface area contributed by atoms with Crippen LogP contribution in [0.3, 0.4) is 0 Å². The molecular formula is C29H34ClN3O2. The average molecular weight is 492 g/mol. The van der Waals surface area contributed by atoms with E-state index < -0.39 is 0 Å². The minimum atomic E-state index is -0.311. The first-order valence-electron chi connectivity index (χ1n) is 13.2. The second kappa shape index (κ2) is 8.70. The summed E-state index contributed by atoms with van der Waals surface area (Å²) in [4.78, 5) is 31.2. The Hall–Kier alpha value is -2.24. The number of allylic oxidation sites excluding steroid dienone is 4. The van der Waals surface area contributed by atoms with Crippen LogP contribution in [-0.2, 0) is 10.2 Å². The van der Waals surface area contributed by atoms with Crippen molar-refractivity contribution < 1.29 is 4.79 Å². The van der Waals surface area contributed by atoms with Crippen LogP contribution < -0.4 is 5.56 Å². The molecule has 1 aromatic carbocycles. The lowest BCUT2D eigenvalue weighted by Gasteiger charge is -2.41. The molecule has 1 aromatic heterocycles. The highest BCUT2D eigenvalue weighted by Gasteiger charge is 2.42. The van der Waals surface area contributed by atoms with Crippen LogP contribution in [0.4, 0.5) is 0 Å². The number of likely N-dealkylation sites (tertiary alicyclic amines) is 1. The summed E-state index contributed by atoms with van der Waals surface area (Å²) >= 11 is 6.42. The fourth-order valence-corrected chi connectivity index (χ4v) is 7.36. The van der Waals surface area contributed by atoms with Crippen LogP contribution in [0.2, 0.25) is 5.02 Å². The standard InChI is InChI=1S/C29H34ClN3O2/c1-29(2)22-16-20(19-12-14-32(15-13-19)21-9-6-18(17-34)7-10-21)8-11-24(22)33-25-5-3-4-23(30)26(25)27(35)31-28(29)33/h3-5,16-19,21H,6-15H2,1-2H3. The molecule has 6 heteroatoms. The molecule has 0 amide bonds. The van der Waals surface area contributed by atoms with Crippen LogP contribution in [0, 0.1) is 11.8 Å². The number of aromatic nitrogens is 2. The summed E-state index contributed by atoms with van der Waals surface area (Å²) in [6.07, 6.45) is 12.5. The van der Waals surface area contributed by atoms with Gasteiger partial charge in [0.2, 0.25) is 0 Å². The van der Waals surface area contributed by atoms with Crippen LogP contribution in [0.5, 0.6) is 0 Å². The van der Waals surface area contributed by atoms with Crippen molar-refractivity contribution in [2.45, 2.75) is 76.7 Å². The van der Waals surface area contributed by atoms with Gasteiger partial charge in [0.1, 0.15) is 12.1 Å². The Morgan fingerprint density at radius 2 is 1.80 bits per heavy atom. The van der Waals surface area contributed by atoms with E-state index in [0.29, 0.717) is 22.4 Å². The van der Waals surface area contributed by atoms with Gasteiger partial charge in [-0.3, -0.25) is 4.79 Å². The highest BCUT2D eigenvalue weighted by Crippen LogP contribution is 2.49. The van der Waals surface area contributed by atoms with Crippen molar-refractivity contribution in [3.05, 3.63) is 56.6 Å². The maximum atomic E-state index is 12.9. The second-order valence-corrected chi connectivity index (χ2v) is 11.8. The topological polar surface area (TPSA) is 55.2 Å². The Labute approximate surface area is 211 Å². The number of carbonyl (C=O) groups excluding carboxylic acids is 1. The summed E-state index contributed by atoms with van der Waals surface area (Å²) in [6, 6.07) is 6.35. The fraction of sp³-hybridized carbons (Fsp3) is 0.552. The first-order valence-corrected chi connectivity index (χ1v) is 13.6. The molecule has 5 nitrogen and oxygen atoms in total. The third-order valence-electron chi connectivity index (χ3n) is 9.16. The van der Waals surface area contributed by atoms with Crippen LogP contribution in [0.1, 0.15) is 71.0 Å². The highest BCUT2D eigenvalue weighted by molar-refractivity contribution is 6.35. The molecule has 6 rings (SSSR count). The number of halogens is 1. The van der Waals surface area contributed by atoms with Crippen LogP contribution in [0.25, 0.3) is 16.6 Å². The Balaban J connectivity index is 1.26.